The van der Waals surface area contributed by atoms with E-state index in [2.05, 4.69) is 15.1 Å². The highest BCUT2D eigenvalue weighted by molar-refractivity contribution is 7.99. The van der Waals surface area contributed by atoms with Crippen molar-refractivity contribution in [3.05, 3.63) is 10.6 Å². The minimum absolute atomic E-state index is 0.0665. The first kappa shape index (κ1) is 12.1. The number of nitrogens with one attached hydrogen (secondary N) is 1. The molecule has 2 rings (SSSR count). The Kier molecular flexibility index (Phi) is 4.39. The molecule has 2 N–H and O–H groups in total. The summed E-state index contributed by atoms with van der Waals surface area (Å²) in [5.74, 6) is 3.05. The van der Waals surface area contributed by atoms with Crippen LogP contribution in [-0.4, -0.2) is 55.9 Å². The zero-order chi connectivity index (χ0) is 11.4. The Labute approximate surface area is 104 Å². The van der Waals surface area contributed by atoms with Gasteiger partial charge in [0.05, 0.1) is 0 Å². The molecule has 5 nitrogen and oxygen atoms in total. The molecular weight excluding hydrogens is 244 g/mol. The largest absolute Gasteiger partial charge is 0.388 e. The molecule has 0 spiro atoms. The molecular formula is C9H16N4OS2. The number of H-pyrrole nitrogens is 1. The number of hydrogen-bond acceptors (Lipinski definition) is 5. The molecule has 0 aliphatic carbocycles. The van der Waals surface area contributed by atoms with Crippen LogP contribution in [0.4, 0.5) is 0 Å². The molecule has 0 atom stereocenters. The monoisotopic (exact) mass is 260 g/mol. The van der Waals surface area contributed by atoms with Gasteiger partial charge in [0.15, 0.2) is 10.6 Å². The fourth-order valence-electron chi connectivity index (χ4n) is 1.77. The molecule has 1 aliphatic rings. The van der Waals surface area contributed by atoms with Crippen LogP contribution in [0.1, 0.15) is 5.82 Å². The molecule has 0 saturated carbocycles. The van der Waals surface area contributed by atoms with E-state index in [1.807, 2.05) is 16.3 Å². The summed E-state index contributed by atoms with van der Waals surface area (Å²) in [5, 5.41) is 15.8. The average molecular weight is 260 g/mol. The first-order valence-electron chi connectivity index (χ1n) is 5.36. The average Bonchev–Trinajstić information content (AvgIpc) is 2.69. The highest BCUT2D eigenvalue weighted by Gasteiger charge is 2.11. The molecule has 0 aromatic carbocycles. The van der Waals surface area contributed by atoms with Crippen molar-refractivity contribution in [1.29, 1.82) is 0 Å². The van der Waals surface area contributed by atoms with Gasteiger partial charge in [-0.15, -0.1) is 0 Å². The van der Waals surface area contributed by atoms with Gasteiger partial charge in [0, 0.05) is 37.7 Å². The summed E-state index contributed by atoms with van der Waals surface area (Å²) in [6.45, 7) is 3.99. The second-order valence-electron chi connectivity index (χ2n) is 3.71. The molecule has 1 aromatic rings. The van der Waals surface area contributed by atoms with Crippen LogP contribution in [0.5, 0.6) is 0 Å². The lowest BCUT2D eigenvalue weighted by molar-refractivity contribution is 0.253. The van der Waals surface area contributed by atoms with Crippen LogP contribution in [-0.2, 0) is 13.2 Å². The van der Waals surface area contributed by atoms with Crippen LogP contribution in [0, 0.1) is 4.77 Å². The Bertz CT molecular complexity index is 383. The minimum Gasteiger partial charge on any atom is -0.388 e. The van der Waals surface area contributed by atoms with E-state index in [0.717, 1.165) is 26.2 Å². The van der Waals surface area contributed by atoms with Gasteiger partial charge in [0.1, 0.15) is 6.61 Å². The minimum atomic E-state index is -0.0665. The lowest BCUT2D eigenvalue weighted by atomic mass is 10.4. The smallest absolute Gasteiger partial charge is 0.195 e. The first-order valence-corrected chi connectivity index (χ1v) is 6.92. The van der Waals surface area contributed by atoms with E-state index < -0.39 is 0 Å². The van der Waals surface area contributed by atoms with Crippen LogP contribution >= 0.6 is 24.0 Å². The van der Waals surface area contributed by atoms with E-state index in [-0.39, 0.29) is 6.61 Å². The zero-order valence-corrected chi connectivity index (χ0v) is 10.7. The third-order valence-corrected chi connectivity index (χ3v) is 3.98. The Morgan fingerprint density at radius 1 is 1.38 bits per heavy atom. The molecule has 1 fully saturated rings. The standard InChI is InChI=1S/C9H16N4OS2/c14-7-8-10-11-9(15)13(8)2-1-12-3-5-16-6-4-12/h14H,1-7H2,(H,11,15). The topological polar surface area (TPSA) is 57.1 Å². The number of aromatic nitrogens is 3. The third-order valence-electron chi connectivity index (χ3n) is 2.72. The maximum Gasteiger partial charge on any atom is 0.195 e. The van der Waals surface area contributed by atoms with Gasteiger partial charge in [-0.05, 0) is 12.2 Å². The van der Waals surface area contributed by atoms with E-state index in [0.29, 0.717) is 10.6 Å². The highest BCUT2D eigenvalue weighted by atomic mass is 32.2. The third kappa shape index (κ3) is 2.85. The van der Waals surface area contributed by atoms with Gasteiger partial charge in [-0.3, -0.25) is 10.00 Å². The number of rotatable bonds is 4. The van der Waals surface area contributed by atoms with Crippen molar-refractivity contribution < 1.29 is 5.11 Å². The van der Waals surface area contributed by atoms with Gasteiger partial charge < -0.3 is 9.67 Å². The van der Waals surface area contributed by atoms with E-state index in [4.69, 9.17) is 17.3 Å². The number of aliphatic hydroxyl groups is 1. The van der Waals surface area contributed by atoms with Gasteiger partial charge in [-0.2, -0.15) is 16.9 Å². The summed E-state index contributed by atoms with van der Waals surface area (Å²) in [5.41, 5.74) is 0. The van der Waals surface area contributed by atoms with Crippen molar-refractivity contribution in [1.82, 2.24) is 19.7 Å². The maximum absolute atomic E-state index is 9.10. The van der Waals surface area contributed by atoms with Crippen molar-refractivity contribution in [2.75, 3.05) is 31.1 Å². The molecule has 0 unspecified atom stereocenters. The summed E-state index contributed by atoms with van der Waals surface area (Å²) in [6.07, 6.45) is 0. The lowest BCUT2D eigenvalue weighted by Gasteiger charge is -2.26. The Morgan fingerprint density at radius 3 is 2.81 bits per heavy atom. The van der Waals surface area contributed by atoms with Crippen molar-refractivity contribution in [3.63, 3.8) is 0 Å². The van der Waals surface area contributed by atoms with Crippen LogP contribution in [0.3, 0.4) is 0 Å². The Morgan fingerprint density at radius 2 is 2.12 bits per heavy atom. The fraction of sp³-hybridized carbons (Fsp3) is 0.778. The van der Waals surface area contributed by atoms with Gasteiger partial charge in [-0.25, -0.2) is 0 Å². The molecule has 1 saturated heterocycles. The van der Waals surface area contributed by atoms with E-state index in [1.54, 1.807) is 0 Å². The van der Waals surface area contributed by atoms with Crippen molar-refractivity contribution in [2.24, 2.45) is 0 Å². The number of thioether (sulfide) groups is 1. The summed E-state index contributed by atoms with van der Waals surface area (Å²) in [7, 11) is 0. The van der Waals surface area contributed by atoms with E-state index in [1.165, 1.54) is 11.5 Å². The second kappa shape index (κ2) is 5.81. The molecule has 7 heteroatoms. The Hall–Kier alpha value is -0.370. The number of aromatic amines is 1. The quantitative estimate of drug-likeness (QED) is 0.771. The summed E-state index contributed by atoms with van der Waals surface area (Å²) < 4.78 is 2.47. The van der Waals surface area contributed by atoms with Crippen LogP contribution in [0.2, 0.25) is 0 Å². The molecule has 0 amide bonds. The van der Waals surface area contributed by atoms with E-state index >= 15 is 0 Å². The molecule has 16 heavy (non-hydrogen) atoms. The number of aliphatic hydroxyl groups excluding tert-OH is 1. The molecule has 0 radical (unpaired) electrons. The second-order valence-corrected chi connectivity index (χ2v) is 5.32. The molecule has 2 heterocycles. The normalized spacial score (nSPS) is 17.8. The number of hydrogen-bond donors (Lipinski definition) is 2. The summed E-state index contributed by atoms with van der Waals surface area (Å²) in [6, 6.07) is 0. The van der Waals surface area contributed by atoms with Crippen LogP contribution in [0.25, 0.3) is 0 Å². The number of nitrogens with zero attached hydrogens (tertiary/aromatic N) is 3. The van der Waals surface area contributed by atoms with Gasteiger partial charge in [0.25, 0.3) is 0 Å². The molecule has 1 aliphatic heterocycles. The van der Waals surface area contributed by atoms with Crippen molar-refractivity contribution in [3.8, 4) is 0 Å². The maximum atomic E-state index is 9.10. The SMILES string of the molecule is OCc1n[nH]c(=S)n1CCN1CCSCC1. The first-order chi connectivity index (χ1) is 7.81. The summed E-state index contributed by atoms with van der Waals surface area (Å²) >= 11 is 7.12. The van der Waals surface area contributed by atoms with Crippen molar-refractivity contribution in [2.45, 2.75) is 13.2 Å². The predicted octanol–water partition coefficient (Wildman–Crippen LogP) is 0.482. The molecule has 0 bridgehead atoms. The van der Waals surface area contributed by atoms with Crippen LogP contribution < -0.4 is 0 Å². The van der Waals surface area contributed by atoms with Gasteiger partial charge in [-0.1, -0.05) is 0 Å². The highest BCUT2D eigenvalue weighted by Crippen LogP contribution is 2.09. The lowest BCUT2D eigenvalue weighted by Crippen LogP contribution is -2.35. The zero-order valence-electron chi connectivity index (χ0n) is 9.06. The van der Waals surface area contributed by atoms with Crippen LogP contribution in [0.15, 0.2) is 0 Å². The fourth-order valence-corrected chi connectivity index (χ4v) is 2.99. The summed E-state index contributed by atoms with van der Waals surface area (Å²) in [4.78, 5) is 2.42. The molecule has 90 valence electrons. The van der Waals surface area contributed by atoms with Gasteiger partial charge >= 0.3 is 0 Å². The van der Waals surface area contributed by atoms with Gasteiger partial charge in [0.2, 0.25) is 0 Å². The predicted molar refractivity (Wildman–Crippen MR) is 67.1 cm³/mol. The molecule has 1 aromatic heterocycles. The Balaban J connectivity index is 1.93. The van der Waals surface area contributed by atoms with E-state index in [9.17, 15) is 0 Å². The van der Waals surface area contributed by atoms with Crippen molar-refractivity contribution >= 4 is 24.0 Å².